The molecule has 0 aliphatic carbocycles. The van der Waals surface area contributed by atoms with Gasteiger partial charge in [0.2, 0.25) is 0 Å². The number of halogens is 1. The van der Waals surface area contributed by atoms with Crippen LogP contribution in [0.2, 0.25) is 5.02 Å². The summed E-state index contributed by atoms with van der Waals surface area (Å²) in [5, 5.41) is 16.0. The van der Waals surface area contributed by atoms with Gasteiger partial charge in [0.05, 0.1) is 23.1 Å². The van der Waals surface area contributed by atoms with Crippen LogP contribution in [0.3, 0.4) is 0 Å². The number of hydrogen-bond donors (Lipinski definition) is 1. The second kappa shape index (κ2) is 9.91. The Morgan fingerprint density at radius 2 is 1.83 bits per heavy atom. The zero-order valence-corrected chi connectivity index (χ0v) is 17.3. The number of nitrogens with zero attached hydrogens (tertiary/aromatic N) is 2. The summed E-state index contributed by atoms with van der Waals surface area (Å²) < 4.78 is 5.05. The van der Waals surface area contributed by atoms with E-state index in [0.717, 1.165) is 4.90 Å². The summed E-state index contributed by atoms with van der Waals surface area (Å²) in [5.41, 5.74) is 3.23. The SMILES string of the molecule is COc1ccc(C(=O)NN=Cc2ccc(Sc3ccc(Cl)cc3)c([N+](=O)[O-])c2)cc1. The van der Waals surface area contributed by atoms with Crippen LogP contribution < -0.4 is 10.2 Å². The van der Waals surface area contributed by atoms with Crippen molar-refractivity contribution in [2.24, 2.45) is 5.10 Å². The number of nitro benzene ring substituents is 1. The number of nitro groups is 1. The van der Waals surface area contributed by atoms with Gasteiger partial charge in [-0.3, -0.25) is 14.9 Å². The molecule has 0 spiro atoms. The van der Waals surface area contributed by atoms with Gasteiger partial charge in [0.15, 0.2) is 0 Å². The van der Waals surface area contributed by atoms with Gasteiger partial charge in [-0.15, -0.1) is 0 Å². The van der Waals surface area contributed by atoms with Crippen molar-refractivity contribution in [2.45, 2.75) is 9.79 Å². The molecule has 0 unspecified atom stereocenters. The van der Waals surface area contributed by atoms with E-state index >= 15 is 0 Å². The van der Waals surface area contributed by atoms with E-state index in [1.54, 1.807) is 60.7 Å². The Balaban J connectivity index is 1.71. The van der Waals surface area contributed by atoms with Crippen molar-refractivity contribution >= 4 is 41.2 Å². The lowest BCUT2D eigenvalue weighted by molar-refractivity contribution is -0.387. The van der Waals surface area contributed by atoms with E-state index in [4.69, 9.17) is 16.3 Å². The molecule has 0 fully saturated rings. The Kier molecular flexibility index (Phi) is 7.05. The first kappa shape index (κ1) is 21.4. The molecule has 0 heterocycles. The van der Waals surface area contributed by atoms with Gasteiger partial charge in [-0.05, 0) is 54.6 Å². The summed E-state index contributed by atoms with van der Waals surface area (Å²) in [4.78, 5) is 24.5. The summed E-state index contributed by atoms with van der Waals surface area (Å²) in [7, 11) is 1.54. The molecule has 0 saturated carbocycles. The minimum atomic E-state index is -0.453. The Labute approximate surface area is 181 Å². The van der Waals surface area contributed by atoms with Crippen LogP contribution in [0.4, 0.5) is 5.69 Å². The topological polar surface area (TPSA) is 93.8 Å². The maximum atomic E-state index is 12.1. The maximum Gasteiger partial charge on any atom is 0.283 e. The van der Waals surface area contributed by atoms with Crippen LogP contribution in [-0.4, -0.2) is 24.2 Å². The number of benzene rings is 3. The van der Waals surface area contributed by atoms with Gasteiger partial charge in [-0.2, -0.15) is 5.10 Å². The molecule has 0 aliphatic heterocycles. The van der Waals surface area contributed by atoms with Gasteiger partial charge in [0, 0.05) is 27.1 Å². The zero-order chi connectivity index (χ0) is 21.5. The number of methoxy groups -OCH3 is 1. The summed E-state index contributed by atoms with van der Waals surface area (Å²) in [6, 6.07) is 18.3. The normalized spacial score (nSPS) is 10.7. The van der Waals surface area contributed by atoms with Gasteiger partial charge in [-0.25, -0.2) is 5.43 Å². The third-order valence-electron chi connectivity index (χ3n) is 3.95. The van der Waals surface area contributed by atoms with E-state index < -0.39 is 10.8 Å². The van der Waals surface area contributed by atoms with Gasteiger partial charge in [0.1, 0.15) is 5.75 Å². The first-order chi connectivity index (χ1) is 14.5. The zero-order valence-electron chi connectivity index (χ0n) is 15.7. The number of hydrazone groups is 1. The van der Waals surface area contributed by atoms with E-state index in [2.05, 4.69) is 10.5 Å². The van der Waals surface area contributed by atoms with E-state index in [1.165, 1.54) is 31.2 Å². The highest BCUT2D eigenvalue weighted by Gasteiger charge is 2.15. The molecule has 1 amide bonds. The average Bonchev–Trinajstić information content (AvgIpc) is 2.76. The highest BCUT2D eigenvalue weighted by Crippen LogP contribution is 2.35. The second-order valence-electron chi connectivity index (χ2n) is 5.97. The fourth-order valence-corrected chi connectivity index (χ4v) is 3.47. The average molecular weight is 442 g/mol. The molecule has 0 aliphatic rings. The fourth-order valence-electron chi connectivity index (χ4n) is 2.45. The van der Waals surface area contributed by atoms with Gasteiger partial charge >= 0.3 is 0 Å². The van der Waals surface area contributed by atoms with Crippen molar-refractivity contribution in [2.75, 3.05) is 7.11 Å². The number of hydrogen-bond acceptors (Lipinski definition) is 6. The number of amides is 1. The first-order valence-corrected chi connectivity index (χ1v) is 9.85. The van der Waals surface area contributed by atoms with Crippen LogP contribution in [0.5, 0.6) is 5.75 Å². The number of ether oxygens (including phenoxy) is 1. The van der Waals surface area contributed by atoms with Gasteiger partial charge < -0.3 is 4.74 Å². The highest BCUT2D eigenvalue weighted by molar-refractivity contribution is 7.99. The largest absolute Gasteiger partial charge is 0.497 e. The van der Waals surface area contributed by atoms with Gasteiger partial charge in [0.25, 0.3) is 11.6 Å². The second-order valence-corrected chi connectivity index (χ2v) is 7.52. The van der Waals surface area contributed by atoms with Crippen molar-refractivity contribution in [3.63, 3.8) is 0 Å². The summed E-state index contributed by atoms with van der Waals surface area (Å²) >= 11 is 7.14. The number of carbonyl (C=O) groups is 1. The van der Waals surface area contributed by atoms with Crippen molar-refractivity contribution in [3.8, 4) is 5.75 Å². The van der Waals surface area contributed by atoms with Crippen LogP contribution in [0, 0.1) is 10.1 Å². The van der Waals surface area contributed by atoms with E-state index in [0.29, 0.717) is 26.8 Å². The van der Waals surface area contributed by atoms with Crippen molar-refractivity contribution in [1.82, 2.24) is 5.43 Å². The Hall–Kier alpha value is -3.36. The first-order valence-electron chi connectivity index (χ1n) is 8.65. The fraction of sp³-hybridized carbons (Fsp3) is 0.0476. The Morgan fingerprint density at radius 3 is 2.47 bits per heavy atom. The Bertz CT molecular complexity index is 1090. The quantitative estimate of drug-likeness (QED) is 0.310. The third kappa shape index (κ3) is 5.59. The molecule has 7 nitrogen and oxygen atoms in total. The van der Waals surface area contributed by atoms with E-state index in [-0.39, 0.29) is 5.69 Å². The molecule has 3 rings (SSSR count). The number of rotatable bonds is 7. The summed E-state index contributed by atoms with van der Waals surface area (Å²) in [6.45, 7) is 0. The molecular weight excluding hydrogens is 426 g/mol. The van der Waals surface area contributed by atoms with Crippen LogP contribution in [0.15, 0.2) is 81.6 Å². The lowest BCUT2D eigenvalue weighted by Crippen LogP contribution is -2.17. The number of nitrogens with one attached hydrogen (secondary N) is 1. The number of carbonyl (C=O) groups excluding carboxylic acids is 1. The van der Waals surface area contributed by atoms with Crippen LogP contribution in [-0.2, 0) is 0 Å². The molecule has 3 aromatic carbocycles. The van der Waals surface area contributed by atoms with Crippen LogP contribution in [0.1, 0.15) is 15.9 Å². The van der Waals surface area contributed by atoms with Crippen molar-refractivity contribution in [1.29, 1.82) is 0 Å². The third-order valence-corrected chi connectivity index (χ3v) is 5.28. The summed E-state index contributed by atoms with van der Waals surface area (Å²) in [6.07, 6.45) is 1.35. The van der Waals surface area contributed by atoms with E-state index in [9.17, 15) is 14.9 Å². The van der Waals surface area contributed by atoms with Gasteiger partial charge in [-0.1, -0.05) is 29.4 Å². The lowest BCUT2D eigenvalue weighted by atomic mass is 10.2. The molecule has 0 saturated heterocycles. The standard InChI is InChI=1S/C21H16ClN3O4S/c1-29-17-7-3-15(4-8-17)21(26)24-23-13-14-2-11-20(19(12-14)25(27)28)30-18-9-5-16(22)6-10-18/h2-13H,1H3,(H,24,26). The minimum absolute atomic E-state index is 0.0552. The lowest BCUT2D eigenvalue weighted by Gasteiger charge is -2.05. The van der Waals surface area contributed by atoms with Crippen LogP contribution >= 0.6 is 23.4 Å². The molecular formula is C21H16ClN3O4S. The maximum absolute atomic E-state index is 12.1. The smallest absolute Gasteiger partial charge is 0.283 e. The predicted molar refractivity (Wildman–Crippen MR) is 117 cm³/mol. The van der Waals surface area contributed by atoms with Crippen molar-refractivity contribution < 1.29 is 14.5 Å². The predicted octanol–water partition coefficient (Wildman–Crippen LogP) is 5.17. The molecule has 0 radical (unpaired) electrons. The van der Waals surface area contributed by atoms with Crippen molar-refractivity contribution in [3.05, 3.63) is 93.0 Å². The molecule has 0 bridgehead atoms. The molecule has 1 N–H and O–H groups in total. The Morgan fingerprint density at radius 1 is 1.13 bits per heavy atom. The highest BCUT2D eigenvalue weighted by atomic mass is 35.5. The molecule has 9 heteroatoms. The molecule has 0 atom stereocenters. The monoisotopic (exact) mass is 441 g/mol. The molecule has 152 valence electrons. The molecule has 3 aromatic rings. The molecule has 0 aromatic heterocycles. The minimum Gasteiger partial charge on any atom is -0.497 e. The van der Waals surface area contributed by atoms with Crippen LogP contribution in [0.25, 0.3) is 0 Å². The molecule has 30 heavy (non-hydrogen) atoms. The summed E-state index contributed by atoms with van der Waals surface area (Å²) in [5.74, 6) is 0.234. The van der Waals surface area contributed by atoms with E-state index in [1.807, 2.05) is 0 Å².